The van der Waals surface area contributed by atoms with Crippen LogP contribution < -0.4 is 0 Å². The highest BCUT2D eigenvalue weighted by Gasteiger charge is 2.20. The Bertz CT molecular complexity index is 630. The van der Waals surface area contributed by atoms with E-state index in [1.165, 1.54) is 11.3 Å². The second-order valence-electron chi connectivity index (χ2n) is 4.73. The van der Waals surface area contributed by atoms with Crippen molar-refractivity contribution >= 4 is 28.8 Å². The first-order valence-corrected chi connectivity index (χ1v) is 7.71. The van der Waals surface area contributed by atoms with Crippen molar-refractivity contribution in [1.82, 2.24) is 9.88 Å². The van der Waals surface area contributed by atoms with Crippen LogP contribution in [0.5, 0.6) is 0 Å². The number of hydrogen-bond acceptors (Lipinski definition) is 4. The molecule has 112 valence electrons. The van der Waals surface area contributed by atoms with Crippen molar-refractivity contribution in [3.8, 4) is 10.6 Å². The van der Waals surface area contributed by atoms with E-state index in [1.54, 1.807) is 25.3 Å². The van der Waals surface area contributed by atoms with E-state index in [2.05, 4.69) is 4.98 Å². The number of rotatable bonds is 5. The number of hydrogen-bond donors (Lipinski definition) is 0. The summed E-state index contributed by atoms with van der Waals surface area (Å²) in [4.78, 5) is 19.0. The summed E-state index contributed by atoms with van der Waals surface area (Å²) in [5.74, 6) is -0.0599. The molecule has 1 amide bonds. The third-order valence-electron chi connectivity index (χ3n) is 3.21. The Hall–Kier alpha value is -1.43. The molecule has 0 saturated carbocycles. The lowest BCUT2D eigenvalue weighted by Crippen LogP contribution is -2.37. The molecule has 0 N–H and O–H groups in total. The third kappa shape index (κ3) is 3.61. The fraction of sp³-hybridized carbons (Fsp3) is 0.333. The van der Waals surface area contributed by atoms with Crippen LogP contribution >= 0.6 is 22.9 Å². The lowest BCUT2D eigenvalue weighted by Gasteiger charge is -2.23. The van der Waals surface area contributed by atoms with Crippen LogP contribution in [-0.2, 0) is 4.74 Å². The Morgan fingerprint density at radius 2 is 2.19 bits per heavy atom. The van der Waals surface area contributed by atoms with Crippen LogP contribution in [0.25, 0.3) is 10.6 Å². The molecule has 0 radical (unpaired) electrons. The van der Waals surface area contributed by atoms with Gasteiger partial charge in [-0.2, -0.15) is 0 Å². The van der Waals surface area contributed by atoms with Gasteiger partial charge in [-0.3, -0.25) is 4.79 Å². The van der Waals surface area contributed by atoms with Crippen LogP contribution in [0.3, 0.4) is 0 Å². The van der Waals surface area contributed by atoms with Crippen molar-refractivity contribution in [2.75, 3.05) is 20.8 Å². The van der Waals surface area contributed by atoms with Gasteiger partial charge >= 0.3 is 0 Å². The second-order valence-corrected chi connectivity index (χ2v) is 6.17. The van der Waals surface area contributed by atoms with Gasteiger partial charge in [0.2, 0.25) is 0 Å². The molecule has 2 rings (SSSR count). The second kappa shape index (κ2) is 7.02. The average Bonchev–Trinajstić information content (AvgIpc) is 2.96. The first-order valence-electron chi connectivity index (χ1n) is 6.51. The summed E-state index contributed by atoms with van der Waals surface area (Å²) in [5.41, 5.74) is 0.843. The number of methoxy groups -OCH3 is 1. The standard InChI is InChI=1S/C15H17ClN2O2S/c1-10(9-20-3)18(2)15(19)13-8-17-14(21-13)11-6-4-5-7-12(11)16/h4-8,10H,9H2,1-3H3/t10-/m0/s1. The van der Waals surface area contributed by atoms with Crippen LogP contribution in [0.15, 0.2) is 30.5 Å². The molecule has 0 aliphatic heterocycles. The predicted molar refractivity (Wildman–Crippen MR) is 86.0 cm³/mol. The van der Waals surface area contributed by atoms with Crippen LogP contribution in [0.2, 0.25) is 5.02 Å². The SMILES string of the molecule is COC[C@H](C)N(C)C(=O)c1cnc(-c2ccccc2Cl)s1. The van der Waals surface area contributed by atoms with Gasteiger partial charge in [-0.05, 0) is 13.0 Å². The quantitative estimate of drug-likeness (QED) is 0.844. The highest BCUT2D eigenvalue weighted by atomic mass is 35.5. The topological polar surface area (TPSA) is 42.4 Å². The van der Waals surface area contributed by atoms with E-state index >= 15 is 0 Å². The third-order valence-corrected chi connectivity index (χ3v) is 4.56. The predicted octanol–water partition coefficient (Wildman–Crippen LogP) is 3.57. The summed E-state index contributed by atoms with van der Waals surface area (Å²) in [7, 11) is 3.39. The van der Waals surface area contributed by atoms with Crippen molar-refractivity contribution in [3.63, 3.8) is 0 Å². The monoisotopic (exact) mass is 324 g/mol. The number of thiazole rings is 1. The van der Waals surface area contributed by atoms with Crippen LogP contribution in [0.4, 0.5) is 0 Å². The minimum absolute atomic E-state index is 0.00774. The minimum atomic E-state index is -0.0599. The van der Waals surface area contributed by atoms with Crippen LogP contribution in [-0.4, -0.2) is 42.6 Å². The largest absolute Gasteiger partial charge is 0.383 e. The van der Waals surface area contributed by atoms with Gasteiger partial charge < -0.3 is 9.64 Å². The minimum Gasteiger partial charge on any atom is -0.383 e. The number of halogens is 1. The van der Waals surface area contributed by atoms with Gasteiger partial charge in [-0.15, -0.1) is 11.3 Å². The van der Waals surface area contributed by atoms with E-state index in [0.717, 1.165) is 10.6 Å². The summed E-state index contributed by atoms with van der Waals surface area (Å²) >= 11 is 7.50. The Balaban J connectivity index is 2.20. The van der Waals surface area contributed by atoms with E-state index in [4.69, 9.17) is 16.3 Å². The highest BCUT2D eigenvalue weighted by Crippen LogP contribution is 2.31. The summed E-state index contributed by atoms with van der Waals surface area (Å²) < 4.78 is 5.08. The highest BCUT2D eigenvalue weighted by molar-refractivity contribution is 7.17. The van der Waals surface area contributed by atoms with Gasteiger partial charge in [0, 0.05) is 19.7 Å². The molecule has 0 saturated heterocycles. The molecule has 0 spiro atoms. The smallest absolute Gasteiger partial charge is 0.265 e. The first-order chi connectivity index (χ1) is 10.0. The zero-order valence-electron chi connectivity index (χ0n) is 12.2. The number of nitrogens with zero attached hydrogens (tertiary/aromatic N) is 2. The summed E-state index contributed by atoms with van der Waals surface area (Å²) in [6.07, 6.45) is 1.60. The van der Waals surface area contributed by atoms with Crippen molar-refractivity contribution < 1.29 is 9.53 Å². The zero-order chi connectivity index (χ0) is 15.4. The number of ether oxygens (including phenoxy) is 1. The lowest BCUT2D eigenvalue weighted by atomic mass is 10.2. The van der Waals surface area contributed by atoms with Crippen LogP contribution in [0, 0.1) is 0 Å². The summed E-state index contributed by atoms with van der Waals surface area (Å²) in [5, 5.41) is 1.38. The fourth-order valence-electron chi connectivity index (χ4n) is 1.86. The summed E-state index contributed by atoms with van der Waals surface area (Å²) in [6, 6.07) is 7.48. The number of likely N-dealkylation sites (N-methyl/N-ethyl adjacent to an activating group) is 1. The molecule has 4 nitrogen and oxygen atoms in total. The number of benzene rings is 1. The number of aromatic nitrogens is 1. The molecule has 0 fully saturated rings. The van der Waals surface area contributed by atoms with Gasteiger partial charge in [-0.25, -0.2) is 4.98 Å². The first kappa shape index (κ1) is 15.9. The molecule has 2 aromatic rings. The Morgan fingerprint density at radius 1 is 1.48 bits per heavy atom. The van der Waals surface area contributed by atoms with E-state index in [0.29, 0.717) is 16.5 Å². The molecule has 1 atom stereocenters. The molecular weight excluding hydrogens is 308 g/mol. The number of amides is 1. The molecule has 0 unspecified atom stereocenters. The Kier molecular flexibility index (Phi) is 5.33. The van der Waals surface area contributed by atoms with Gasteiger partial charge in [0.05, 0.1) is 23.9 Å². The van der Waals surface area contributed by atoms with Gasteiger partial charge in [0.1, 0.15) is 9.88 Å². The Labute approximate surface area is 133 Å². The van der Waals surface area contributed by atoms with Crippen molar-refractivity contribution in [3.05, 3.63) is 40.4 Å². The van der Waals surface area contributed by atoms with E-state index in [-0.39, 0.29) is 11.9 Å². The molecule has 6 heteroatoms. The maximum absolute atomic E-state index is 12.4. The van der Waals surface area contributed by atoms with Crippen molar-refractivity contribution in [2.45, 2.75) is 13.0 Å². The molecule has 1 aromatic carbocycles. The summed E-state index contributed by atoms with van der Waals surface area (Å²) in [6.45, 7) is 2.44. The maximum atomic E-state index is 12.4. The molecule has 1 heterocycles. The van der Waals surface area contributed by atoms with Gasteiger partial charge in [0.15, 0.2) is 0 Å². The van der Waals surface area contributed by atoms with E-state index in [9.17, 15) is 4.79 Å². The van der Waals surface area contributed by atoms with E-state index in [1.807, 2.05) is 31.2 Å². The molecular formula is C15H17ClN2O2S. The maximum Gasteiger partial charge on any atom is 0.265 e. The number of carbonyl (C=O) groups excluding carboxylic acids is 1. The normalized spacial score (nSPS) is 12.2. The molecule has 0 aliphatic rings. The van der Waals surface area contributed by atoms with Crippen LogP contribution in [0.1, 0.15) is 16.6 Å². The molecule has 21 heavy (non-hydrogen) atoms. The van der Waals surface area contributed by atoms with Gasteiger partial charge in [-0.1, -0.05) is 29.8 Å². The fourth-order valence-corrected chi connectivity index (χ4v) is 3.08. The van der Waals surface area contributed by atoms with Gasteiger partial charge in [0.25, 0.3) is 5.91 Å². The number of carbonyl (C=O) groups is 1. The van der Waals surface area contributed by atoms with E-state index < -0.39 is 0 Å². The average molecular weight is 325 g/mol. The van der Waals surface area contributed by atoms with Crippen molar-refractivity contribution in [1.29, 1.82) is 0 Å². The Morgan fingerprint density at radius 3 is 2.86 bits per heavy atom. The molecule has 1 aromatic heterocycles. The molecule has 0 aliphatic carbocycles. The molecule has 0 bridgehead atoms. The van der Waals surface area contributed by atoms with Crippen molar-refractivity contribution in [2.24, 2.45) is 0 Å². The zero-order valence-corrected chi connectivity index (χ0v) is 13.7. The lowest BCUT2D eigenvalue weighted by molar-refractivity contribution is 0.0638.